The number of esters is 1. The number of likely N-dealkylation sites (N-methyl/N-ethyl adjacent to an activating group) is 1. The first-order valence-electron chi connectivity index (χ1n) is 9.63. The fraction of sp³-hybridized carbons (Fsp3) is 0.789. The van der Waals surface area contributed by atoms with Crippen LogP contribution in [0, 0.1) is 0 Å². The van der Waals surface area contributed by atoms with E-state index >= 15 is 0 Å². The van der Waals surface area contributed by atoms with E-state index in [1.165, 1.54) is 0 Å². The van der Waals surface area contributed by atoms with E-state index in [-0.39, 0.29) is 35.9 Å². The van der Waals surface area contributed by atoms with Crippen molar-refractivity contribution in [3.8, 4) is 0 Å². The van der Waals surface area contributed by atoms with Crippen LogP contribution in [0.25, 0.3) is 0 Å². The Morgan fingerprint density at radius 1 is 1.00 bits per heavy atom. The molecular weight excluding hydrogens is 368 g/mol. The molecule has 0 aliphatic rings. The van der Waals surface area contributed by atoms with Gasteiger partial charge in [0.2, 0.25) is 11.8 Å². The normalized spacial score (nSPS) is 12.3. The fourth-order valence-corrected chi connectivity index (χ4v) is 3.06. The Bertz CT molecular complexity index is 479. The summed E-state index contributed by atoms with van der Waals surface area (Å²) in [5, 5.41) is 1.80. The summed E-state index contributed by atoms with van der Waals surface area (Å²) in [5.74, 6) is -1.09. The van der Waals surface area contributed by atoms with Gasteiger partial charge in [-0.1, -0.05) is 39.5 Å². The second-order valence-electron chi connectivity index (χ2n) is 5.82. The lowest BCUT2D eigenvalue weighted by molar-refractivity contribution is -0.148. The third-order valence-corrected chi connectivity index (χ3v) is 4.47. The predicted octanol–water partition coefficient (Wildman–Crippen LogP) is 2.77. The maximum atomic E-state index is 12.6. The van der Waals surface area contributed by atoms with Crippen LogP contribution >= 0.6 is 11.8 Å². The number of carbonyl (C=O) groups is 4. The number of nitrogens with zero attached hydrogens (tertiary/aromatic N) is 1. The van der Waals surface area contributed by atoms with Crippen LogP contribution in [-0.4, -0.2) is 58.3 Å². The molecule has 158 valence electrons. The third-order valence-electron chi connectivity index (χ3n) is 3.42. The average Bonchev–Trinajstić information content (AvgIpc) is 2.60. The van der Waals surface area contributed by atoms with Gasteiger partial charge in [-0.15, -0.1) is 0 Å². The first-order chi connectivity index (χ1) is 12.7. The van der Waals surface area contributed by atoms with Gasteiger partial charge in [0.25, 0.3) is 0 Å². The molecule has 0 aromatic heterocycles. The summed E-state index contributed by atoms with van der Waals surface area (Å²) in [6, 6.07) is -0.817. The largest absolute Gasteiger partial charge is 0.463 e. The minimum Gasteiger partial charge on any atom is -0.463 e. The molecule has 1 N–H and O–H groups in total. The highest BCUT2D eigenvalue weighted by atomic mass is 32.2. The zero-order chi connectivity index (χ0) is 21.6. The second kappa shape index (κ2) is 15.5. The minimum atomic E-state index is -0.817. The molecule has 0 radical (unpaired) electrons. The van der Waals surface area contributed by atoms with Crippen molar-refractivity contribution in [2.75, 3.05) is 13.1 Å². The number of rotatable bonds is 10. The maximum absolute atomic E-state index is 12.6. The molecule has 0 spiro atoms. The summed E-state index contributed by atoms with van der Waals surface area (Å²) in [5.41, 5.74) is 0. The van der Waals surface area contributed by atoms with Gasteiger partial charge < -0.3 is 15.0 Å². The summed E-state index contributed by atoms with van der Waals surface area (Å²) in [6.45, 7) is 15.5. The fourth-order valence-electron chi connectivity index (χ4n) is 2.13. The van der Waals surface area contributed by atoms with E-state index in [1.54, 1.807) is 32.6 Å². The lowest BCUT2D eigenvalue weighted by atomic mass is 10.1. The van der Waals surface area contributed by atoms with Crippen LogP contribution < -0.4 is 5.32 Å². The van der Waals surface area contributed by atoms with Crippen molar-refractivity contribution in [2.45, 2.75) is 85.6 Å². The number of thioether (sulfide) groups is 1. The lowest BCUT2D eigenvalue weighted by Gasteiger charge is -2.29. The first-order valence-corrected chi connectivity index (χ1v) is 10.5. The maximum Gasteiger partial charge on any atom is 0.314 e. The minimum absolute atomic E-state index is 0.232. The number of hydrogen-bond acceptors (Lipinski definition) is 6. The Hall–Kier alpha value is -1.57. The number of hydrogen-bond donors (Lipinski definition) is 1. The molecule has 0 heterocycles. The van der Waals surface area contributed by atoms with Crippen LogP contribution in [0.5, 0.6) is 0 Å². The third kappa shape index (κ3) is 11.7. The molecule has 2 unspecified atom stereocenters. The van der Waals surface area contributed by atoms with Crippen molar-refractivity contribution in [2.24, 2.45) is 0 Å². The molecule has 0 fully saturated rings. The van der Waals surface area contributed by atoms with Crippen molar-refractivity contribution in [3.05, 3.63) is 0 Å². The lowest BCUT2D eigenvalue weighted by Crippen LogP contribution is -2.53. The highest BCUT2D eigenvalue weighted by Gasteiger charge is 2.31. The molecule has 0 saturated carbocycles. The second-order valence-corrected chi connectivity index (χ2v) is 7.25. The van der Waals surface area contributed by atoms with E-state index in [0.29, 0.717) is 13.1 Å². The molecule has 7 nitrogen and oxygen atoms in total. The monoisotopic (exact) mass is 404 g/mol. The van der Waals surface area contributed by atoms with E-state index in [9.17, 15) is 19.2 Å². The van der Waals surface area contributed by atoms with Crippen molar-refractivity contribution in [3.63, 3.8) is 0 Å². The number of ether oxygens (including phenoxy) is 1. The summed E-state index contributed by atoms with van der Waals surface area (Å²) >= 11 is 0.880. The van der Waals surface area contributed by atoms with Gasteiger partial charge in [0.05, 0.1) is 6.10 Å². The molecular formula is C19H36N2O5S. The van der Waals surface area contributed by atoms with E-state index < -0.39 is 17.3 Å². The molecule has 0 aliphatic carbocycles. The Morgan fingerprint density at radius 3 is 1.93 bits per heavy atom. The quantitative estimate of drug-likeness (QED) is 0.445. The van der Waals surface area contributed by atoms with Crippen molar-refractivity contribution >= 4 is 34.7 Å². The number of carbonyl (C=O) groups excluding carboxylic acids is 4. The van der Waals surface area contributed by atoms with Crippen molar-refractivity contribution in [1.82, 2.24) is 10.2 Å². The van der Waals surface area contributed by atoms with Crippen LogP contribution in [0.4, 0.5) is 0 Å². The molecule has 0 saturated heterocycles. The number of nitrogens with one attached hydrogen (secondary N) is 1. The van der Waals surface area contributed by atoms with Gasteiger partial charge in [-0.3, -0.25) is 19.2 Å². The summed E-state index contributed by atoms with van der Waals surface area (Å²) in [4.78, 5) is 49.6. The molecule has 0 aromatic carbocycles. The zero-order valence-corrected chi connectivity index (χ0v) is 18.8. The molecule has 27 heavy (non-hydrogen) atoms. The molecule has 0 bridgehead atoms. The first kappa shape index (κ1) is 27.6. The van der Waals surface area contributed by atoms with E-state index in [1.807, 2.05) is 27.7 Å². The van der Waals surface area contributed by atoms with Gasteiger partial charge in [0, 0.05) is 24.8 Å². The zero-order valence-electron chi connectivity index (χ0n) is 18.0. The Morgan fingerprint density at radius 2 is 1.52 bits per heavy atom. The Labute approximate surface area is 168 Å². The molecule has 2 atom stereocenters. The van der Waals surface area contributed by atoms with Gasteiger partial charge in [-0.05, 0) is 27.7 Å². The number of amides is 2. The smallest absolute Gasteiger partial charge is 0.314 e. The molecule has 0 rings (SSSR count). The van der Waals surface area contributed by atoms with E-state index in [0.717, 1.165) is 11.8 Å². The van der Waals surface area contributed by atoms with Crippen LogP contribution in [0.1, 0.15) is 68.2 Å². The van der Waals surface area contributed by atoms with Gasteiger partial charge in [0.15, 0.2) is 5.12 Å². The van der Waals surface area contributed by atoms with Crippen LogP contribution in [0.15, 0.2) is 0 Å². The molecule has 2 amide bonds. The van der Waals surface area contributed by atoms with Crippen LogP contribution in [0.2, 0.25) is 0 Å². The molecule has 0 aromatic rings. The van der Waals surface area contributed by atoms with E-state index in [2.05, 4.69) is 5.32 Å². The molecule has 0 aliphatic heterocycles. The topological polar surface area (TPSA) is 92.8 Å². The Kier molecular flexibility index (Phi) is 15.9. The standard InChI is InChI=1S/C17H30N2O5S.C2H6/c1-7-13(20)18-16(17(23)19(8-2)9-3)12(6)25-15(22)10-14(21)24-11(4)5;1-2/h11-12,16H,7-10H2,1-6H3,(H,18,20);1-2H3. The van der Waals surface area contributed by atoms with Gasteiger partial charge in [-0.25, -0.2) is 0 Å². The summed E-state index contributed by atoms with van der Waals surface area (Å²) < 4.78 is 4.95. The molecule has 8 heteroatoms. The summed E-state index contributed by atoms with van der Waals surface area (Å²) in [6.07, 6.45) is -0.404. The SMILES string of the molecule is CC.CCC(=O)NC(C(=O)N(CC)CC)C(C)SC(=O)CC(=O)OC(C)C. The summed E-state index contributed by atoms with van der Waals surface area (Å²) in [7, 11) is 0. The highest BCUT2D eigenvalue weighted by Crippen LogP contribution is 2.19. The van der Waals surface area contributed by atoms with Gasteiger partial charge >= 0.3 is 5.97 Å². The van der Waals surface area contributed by atoms with Crippen LogP contribution in [-0.2, 0) is 23.9 Å². The van der Waals surface area contributed by atoms with Crippen molar-refractivity contribution in [1.29, 1.82) is 0 Å². The van der Waals surface area contributed by atoms with E-state index in [4.69, 9.17) is 4.74 Å². The average molecular weight is 405 g/mol. The Balaban J connectivity index is 0. The predicted molar refractivity (Wildman–Crippen MR) is 109 cm³/mol. The highest BCUT2D eigenvalue weighted by molar-refractivity contribution is 8.14. The van der Waals surface area contributed by atoms with Crippen LogP contribution in [0.3, 0.4) is 0 Å². The van der Waals surface area contributed by atoms with Gasteiger partial charge in [0.1, 0.15) is 12.5 Å². The van der Waals surface area contributed by atoms with Crippen molar-refractivity contribution < 1.29 is 23.9 Å². The van der Waals surface area contributed by atoms with Gasteiger partial charge in [-0.2, -0.15) is 0 Å².